The smallest absolute Gasteiger partial charge is 0.0434 e. The van der Waals surface area contributed by atoms with Crippen LogP contribution in [0.1, 0.15) is 19.4 Å². The van der Waals surface area contributed by atoms with E-state index in [1.165, 1.54) is 11.3 Å². The average molecular weight is 177 g/mol. The summed E-state index contributed by atoms with van der Waals surface area (Å²) in [6.45, 7) is 7.75. The molecule has 0 aromatic heterocycles. The van der Waals surface area contributed by atoms with Crippen molar-refractivity contribution >= 4 is 11.8 Å². The minimum atomic E-state index is 1.18. The van der Waals surface area contributed by atoms with Crippen LogP contribution in [0.4, 0.5) is 5.69 Å². The molecule has 72 valence electrons. The highest BCUT2D eigenvalue weighted by Gasteiger charge is 1.97. The summed E-state index contributed by atoms with van der Waals surface area (Å²) < 4.78 is 0. The number of para-hydroxylation sites is 1. The lowest BCUT2D eigenvalue weighted by Gasteiger charge is -2.14. The molecule has 1 nitrogen and oxygen atoms in total. The molecule has 13 heavy (non-hydrogen) atoms. The van der Waals surface area contributed by atoms with Crippen molar-refractivity contribution in [2.24, 2.45) is 0 Å². The van der Waals surface area contributed by atoms with Crippen LogP contribution in [0, 0.1) is 0 Å². The molecule has 1 rings (SSSR count). The lowest BCUT2D eigenvalue weighted by atomic mass is 10.1. The molecule has 0 heterocycles. The van der Waals surface area contributed by atoms with E-state index < -0.39 is 0 Å². The van der Waals surface area contributed by atoms with Crippen LogP contribution in [-0.4, -0.2) is 14.1 Å². The first-order chi connectivity index (χ1) is 6.25. The fourth-order valence-electron chi connectivity index (χ4n) is 1.07. The maximum absolute atomic E-state index is 3.75. The molecule has 1 aromatic carbocycles. The van der Waals surface area contributed by atoms with Crippen molar-refractivity contribution < 1.29 is 0 Å². The number of rotatable bonds is 2. The van der Waals surface area contributed by atoms with Crippen LogP contribution in [0.3, 0.4) is 0 Å². The van der Waals surface area contributed by atoms with Crippen LogP contribution < -0.4 is 4.90 Å². The summed E-state index contributed by atoms with van der Waals surface area (Å²) >= 11 is 0. The second kappa shape index (κ2) is 6.30. The van der Waals surface area contributed by atoms with Crippen LogP contribution in [0.15, 0.2) is 30.8 Å². The minimum absolute atomic E-state index is 1.18. The van der Waals surface area contributed by atoms with Gasteiger partial charge in [0, 0.05) is 19.8 Å². The Morgan fingerprint density at radius 3 is 2.08 bits per heavy atom. The van der Waals surface area contributed by atoms with Gasteiger partial charge in [-0.1, -0.05) is 44.7 Å². The highest BCUT2D eigenvalue weighted by molar-refractivity contribution is 5.66. The Morgan fingerprint density at radius 2 is 1.69 bits per heavy atom. The third kappa shape index (κ3) is 3.32. The maximum atomic E-state index is 3.75. The second-order valence-electron chi connectivity index (χ2n) is 2.66. The van der Waals surface area contributed by atoms with E-state index in [4.69, 9.17) is 0 Å². The summed E-state index contributed by atoms with van der Waals surface area (Å²) in [4.78, 5) is 2.08. The molecule has 0 aliphatic heterocycles. The predicted molar refractivity (Wildman–Crippen MR) is 62.2 cm³/mol. The van der Waals surface area contributed by atoms with Gasteiger partial charge in [-0.3, -0.25) is 0 Å². The Morgan fingerprint density at radius 1 is 1.15 bits per heavy atom. The van der Waals surface area contributed by atoms with Gasteiger partial charge in [0.15, 0.2) is 0 Å². The van der Waals surface area contributed by atoms with Crippen LogP contribution in [0.25, 0.3) is 6.08 Å². The predicted octanol–water partition coefficient (Wildman–Crippen LogP) is 3.42. The van der Waals surface area contributed by atoms with Crippen molar-refractivity contribution in [3.8, 4) is 0 Å². The van der Waals surface area contributed by atoms with Crippen molar-refractivity contribution in [1.82, 2.24) is 0 Å². The largest absolute Gasteiger partial charge is 0.377 e. The first-order valence-electron chi connectivity index (χ1n) is 4.64. The van der Waals surface area contributed by atoms with E-state index >= 15 is 0 Å². The van der Waals surface area contributed by atoms with Gasteiger partial charge in [-0.25, -0.2) is 0 Å². The highest BCUT2D eigenvalue weighted by Crippen LogP contribution is 2.18. The molecule has 1 aromatic rings. The summed E-state index contributed by atoms with van der Waals surface area (Å²) in [7, 11) is 4.06. The van der Waals surface area contributed by atoms with Gasteiger partial charge in [0.05, 0.1) is 0 Å². The van der Waals surface area contributed by atoms with Gasteiger partial charge in [-0.05, 0) is 11.6 Å². The molecular formula is C12H19N. The molecule has 1 heteroatoms. The summed E-state index contributed by atoms with van der Waals surface area (Å²) in [5.41, 5.74) is 2.39. The highest BCUT2D eigenvalue weighted by atomic mass is 15.1. The van der Waals surface area contributed by atoms with Crippen LogP contribution in [0.2, 0.25) is 0 Å². The number of anilines is 1. The van der Waals surface area contributed by atoms with Crippen molar-refractivity contribution in [3.63, 3.8) is 0 Å². The quantitative estimate of drug-likeness (QED) is 0.669. The summed E-state index contributed by atoms with van der Waals surface area (Å²) in [6.07, 6.45) is 1.87. The zero-order valence-electron chi connectivity index (χ0n) is 9.04. The number of nitrogens with zero attached hydrogens (tertiary/aromatic N) is 1. The van der Waals surface area contributed by atoms with E-state index in [2.05, 4.69) is 23.6 Å². The lowest BCUT2D eigenvalue weighted by molar-refractivity contribution is 1.13. The van der Waals surface area contributed by atoms with Gasteiger partial charge in [-0.15, -0.1) is 0 Å². The molecule has 0 saturated carbocycles. The van der Waals surface area contributed by atoms with E-state index in [1.807, 2.05) is 46.2 Å². The first-order valence-corrected chi connectivity index (χ1v) is 4.64. The number of benzene rings is 1. The summed E-state index contributed by atoms with van der Waals surface area (Å²) in [5, 5.41) is 0. The molecule has 0 spiro atoms. The Balaban J connectivity index is 0.000000671. The van der Waals surface area contributed by atoms with E-state index in [-0.39, 0.29) is 0 Å². The van der Waals surface area contributed by atoms with E-state index in [0.29, 0.717) is 0 Å². The van der Waals surface area contributed by atoms with E-state index in [1.54, 1.807) is 0 Å². The topological polar surface area (TPSA) is 3.24 Å². The standard InChI is InChI=1S/C10H13N.C2H6/c1-4-9-7-5-6-8-10(9)11(2)3;1-2/h4-8H,1H2,2-3H3;1-2H3. The van der Waals surface area contributed by atoms with Gasteiger partial charge >= 0.3 is 0 Å². The lowest BCUT2D eigenvalue weighted by Crippen LogP contribution is -2.09. The monoisotopic (exact) mass is 177 g/mol. The van der Waals surface area contributed by atoms with E-state index in [9.17, 15) is 0 Å². The molecule has 0 N–H and O–H groups in total. The Hall–Kier alpha value is -1.24. The number of hydrogen-bond donors (Lipinski definition) is 0. The normalized spacial score (nSPS) is 8.31. The zero-order valence-corrected chi connectivity index (χ0v) is 9.04. The summed E-state index contributed by atoms with van der Waals surface area (Å²) in [5.74, 6) is 0. The minimum Gasteiger partial charge on any atom is -0.377 e. The molecule has 0 aliphatic rings. The Labute approximate surface area is 81.7 Å². The van der Waals surface area contributed by atoms with Gasteiger partial charge in [0.1, 0.15) is 0 Å². The molecule has 0 bridgehead atoms. The molecule has 0 unspecified atom stereocenters. The third-order valence-electron chi connectivity index (χ3n) is 1.64. The molecule has 0 fully saturated rings. The number of hydrogen-bond acceptors (Lipinski definition) is 1. The SMILES string of the molecule is C=Cc1ccccc1N(C)C.CC. The Bertz CT molecular complexity index is 251. The van der Waals surface area contributed by atoms with Gasteiger partial charge in [-0.2, -0.15) is 0 Å². The fourth-order valence-corrected chi connectivity index (χ4v) is 1.07. The average Bonchev–Trinajstić information content (AvgIpc) is 2.20. The van der Waals surface area contributed by atoms with Gasteiger partial charge in [0.25, 0.3) is 0 Å². The van der Waals surface area contributed by atoms with Crippen LogP contribution >= 0.6 is 0 Å². The molecule has 0 amide bonds. The fraction of sp³-hybridized carbons (Fsp3) is 0.333. The first kappa shape index (κ1) is 11.8. The van der Waals surface area contributed by atoms with Crippen LogP contribution in [0.5, 0.6) is 0 Å². The molecular weight excluding hydrogens is 158 g/mol. The molecule has 0 radical (unpaired) electrons. The molecule has 0 saturated heterocycles. The van der Waals surface area contributed by atoms with Crippen LogP contribution in [-0.2, 0) is 0 Å². The van der Waals surface area contributed by atoms with Gasteiger partial charge in [0.2, 0.25) is 0 Å². The van der Waals surface area contributed by atoms with E-state index in [0.717, 1.165) is 0 Å². The van der Waals surface area contributed by atoms with Gasteiger partial charge < -0.3 is 4.90 Å². The third-order valence-corrected chi connectivity index (χ3v) is 1.64. The molecule has 0 atom stereocenters. The van der Waals surface area contributed by atoms with Crippen molar-refractivity contribution in [2.75, 3.05) is 19.0 Å². The molecule has 0 aliphatic carbocycles. The summed E-state index contributed by atoms with van der Waals surface area (Å²) in [6, 6.07) is 8.19. The Kier molecular flexibility index (Phi) is 5.69. The van der Waals surface area contributed by atoms with Crippen molar-refractivity contribution in [2.45, 2.75) is 13.8 Å². The zero-order chi connectivity index (χ0) is 10.3. The maximum Gasteiger partial charge on any atom is 0.0434 e. The van der Waals surface area contributed by atoms with Crippen molar-refractivity contribution in [3.05, 3.63) is 36.4 Å². The van der Waals surface area contributed by atoms with Crippen molar-refractivity contribution in [1.29, 1.82) is 0 Å². The second-order valence-corrected chi connectivity index (χ2v) is 2.66.